The zero-order valence-electron chi connectivity index (χ0n) is 10.7. The van der Waals surface area contributed by atoms with Gasteiger partial charge in [0, 0.05) is 12.4 Å². The van der Waals surface area contributed by atoms with Gasteiger partial charge in [-0.25, -0.2) is 0 Å². The number of benzene rings is 2. The number of fused-ring (bicyclic) bond motifs is 1. The Balaban J connectivity index is 2.07. The maximum atomic E-state index is 6.36. The van der Waals surface area contributed by atoms with E-state index in [-0.39, 0.29) is 6.04 Å². The minimum absolute atomic E-state index is 0.132. The highest BCUT2D eigenvalue weighted by atomic mass is 14.8. The fourth-order valence-corrected chi connectivity index (χ4v) is 2.29. The van der Waals surface area contributed by atoms with Crippen molar-refractivity contribution in [1.82, 2.24) is 9.97 Å². The van der Waals surface area contributed by atoms with E-state index in [0.29, 0.717) is 0 Å². The predicted molar refractivity (Wildman–Crippen MR) is 76.7 cm³/mol. The van der Waals surface area contributed by atoms with Gasteiger partial charge in [-0.3, -0.25) is 9.97 Å². The van der Waals surface area contributed by atoms with E-state index in [9.17, 15) is 0 Å². The summed E-state index contributed by atoms with van der Waals surface area (Å²) in [6, 6.07) is 14.1. The summed E-state index contributed by atoms with van der Waals surface area (Å²) in [7, 11) is 0. The number of aryl methyl sites for hydroxylation is 1. The largest absolute Gasteiger partial charge is 0.320 e. The molecule has 0 fully saturated rings. The van der Waals surface area contributed by atoms with Crippen LogP contribution in [0.4, 0.5) is 0 Å². The third-order valence-electron chi connectivity index (χ3n) is 3.38. The molecule has 0 saturated carbocycles. The Bertz CT molecular complexity index is 722. The Kier molecular flexibility index (Phi) is 2.97. The number of aromatic nitrogens is 2. The van der Waals surface area contributed by atoms with E-state index in [1.165, 1.54) is 5.56 Å². The molecule has 0 aliphatic heterocycles. The minimum Gasteiger partial charge on any atom is -0.320 e. The summed E-state index contributed by atoms with van der Waals surface area (Å²) in [5, 5.41) is 0. The first kappa shape index (κ1) is 11.8. The highest BCUT2D eigenvalue weighted by molar-refractivity contribution is 5.74. The second kappa shape index (κ2) is 4.78. The van der Waals surface area contributed by atoms with Gasteiger partial charge in [-0.1, -0.05) is 30.3 Å². The van der Waals surface area contributed by atoms with Gasteiger partial charge in [0.25, 0.3) is 0 Å². The highest BCUT2D eigenvalue weighted by Crippen LogP contribution is 2.24. The second-order valence-electron chi connectivity index (χ2n) is 4.64. The van der Waals surface area contributed by atoms with E-state index in [4.69, 9.17) is 5.73 Å². The molecule has 19 heavy (non-hydrogen) atoms. The molecule has 0 radical (unpaired) electrons. The van der Waals surface area contributed by atoms with Crippen LogP contribution >= 0.6 is 0 Å². The first-order chi connectivity index (χ1) is 9.25. The van der Waals surface area contributed by atoms with Crippen LogP contribution in [0.5, 0.6) is 0 Å². The van der Waals surface area contributed by atoms with Crippen LogP contribution in [-0.2, 0) is 0 Å². The summed E-state index contributed by atoms with van der Waals surface area (Å²) in [5.41, 5.74) is 11.5. The van der Waals surface area contributed by atoms with Crippen molar-refractivity contribution in [1.29, 1.82) is 0 Å². The molecule has 1 aromatic heterocycles. The van der Waals surface area contributed by atoms with Crippen molar-refractivity contribution in [2.75, 3.05) is 0 Å². The van der Waals surface area contributed by atoms with Gasteiger partial charge in [0.15, 0.2) is 0 Å². The summed E-state index contributed by atoms with van der Waals surface area (Å²) in [4.78, 5) is 8.59. The molecule has 2 aromatic carbocycles. The van der Waals surface area contributed by atoms with Gasteiger partial charge in [0.05, 0.1) is 17.1 Å². The molecule has 0 bridgehead atoms. The highest BCUT2D eigenvalue weighted by Gasteiger charge is 2.11. The third-order valence-corrected chi connectivity index (χ3v) is 3.38. The zero-order valence-corrected chi connectivity index (χ0v) is 10.7. The monoisotopic (exact) mass is 249 g/mol. The Morgan fingerprint density at radius 3 is 2.47 bits per heavy atom. The molecule has 1 heterocycles. The predicted octanol–water partition coefficient (Wildman–Crippen LogP) is 2.99. The molecule has 0 aliphatic rings. The fraction of sp³-hybridized carbons (Fsp3) is 0.125. The lowest BCUT2D eigenvalue weighted by atomic mass is 9.95. The lowest BCUT2D eigenvalue weighted by Gasteiger charge is -2.15. The van der Waals surface area contributed by atoms with Crippen molar-refractivity contribution in [2.24, 2.45) is 5.73 Å². The van der Waals surface area contributed by atoms with Gasteiger partial charge >= 0.3 is 0 Å². The quantitative estimate of drug-likeness (QED) is 0.759. The van der Waals surface area contributed by atoms with E-state index >= 15 is 0 Å². The Morgan fingerprint density at radius 2 is 1.68 bits per heavy atom. The SMILES string of the molecule is Cc1ccccc1C(N)c1ccc2nccnc2c1. The standard InChI is InChI=1S/C16H15N3/c1-11-4-2-3-5-13(11)16(17)12-6-7-14-15(10-12)19-9-8-18-14/h2-10,16H,17H2,1H3. The van der Waals surface area contributed by atoms with Crippen molar-refractivity contribution < 1.29 is 0 Å². The number of rotatable bonds is 2. The number of nitrogens with two attached hydrogens (primary N) is 1. The van der Waals surface area contributed by atoms with Crippen molar-refractivity contribution >= 4 is 11.0 Å². The smallest absolute Gasteiger partial charge is 0.0890 e. The van der Waals surface area contributed by atoms with E-state index in [1.807, 2.05) is 30.3 Å². The van der Waals surface area contributed by atoms with Crippen LogP contribution in [-0.4, -0.2) is 9.97 Å². The summed E-state index contributed by atoms with van der Waals surface area (Å²) in [6.07, 6.45) is 3.40. The van der Waals surface area contributed by atoms with Gasteiger partial charge in [-0.05, 0) is 35.7 Å². The summed E-state index contributed by atoms with van der Waals surface area (Å²) >= 11 is 0. The number of hydrogen-bond donors (Lipinski definition) is 1. The normalized spacial score (nSPS) is 12.5. The van der Waals surface area contributed by atoms with E-state index in [0.717, 1.165) is 22.2 Å². The Hall–Kier alpha value is -2.26. The molecule has 94 valence electrons. The molecule has 3 heteroatoms. The van der Waals surface area contributed by atoms with E-state index in [2.05, 4.69) is 29.0 Å². The maximum Gasteiger partial charge on any atom is 0.0890 e. The van der Waals surface area contributed by atoms with Crippen molar-refractivity contribution in [3.05, 3.63) is 71.5 Å². The molecule has 3 rings (SSSR count). The summed E-state index contributed by atoms with van der Waals surface area (Å²) < 4.78 is 0. The van der Waals surface area contributed by atoms with Crippen molar-refractivity contribution in [2.45, 2.75) is 13.0 Å². The molecule has 2 N–H and O–H groups in total. The van der Waals surface area contributed by atoms with Crippen molar-refractivity contribution in [3.8, 4) is 0 Å². The molecule has 3 nitrogen and oxygen atoms in total. The lowest BCUT2D eigenvalue weighted by molar-refractivity contribution is 0.863. The van der Waals surface area contributed by atoms with Gasteiger partial charge in [0.1, 0.15) is 0 Å². The first-order valence-electron chi connectivity index (χ1n) is 6.27. The number of hydrogen-bond acceptors (Lipinski definition) is 3. The first-order valence-corrected chi connectivity index (χ1v) is 6.27. The van der Waals surface area contributed by atoms with E-state index < -0.39 is 0 Å². The molecule has 0 amide bonds. The molecular formula is C16H15N3. The van der Waals surface area contributed by atoms with Crippen LogP contribution in [0.1, 0.15) is 22.7 Å². The van der Waals surface area contributed by atoms with Gasteiger partial charge in [-0.15, -0.1) is 0 Å². The van der Waals surface area contributed by atoms with Crippen LogP contribution in [0, 0.1) is 6.92 Å². The maximum absolute atomic E-state index is 6.36. The fourth-order valence-electron chi connectivity index (χ4n) is 2.29. The molecule has 0 saturated heterocycles. The van der Waals surface area contributed by atoms with Crippen LogP contribution < -0.4 is 5.73 Å². The van der Waals surface area contributed by atoms with Gasteiger partial charge < -0.3 is 5.73 Å². The molecule has 3 aromatic rings. The molecule has 0 spiro atoms. The zero-order chi connectivity index (χ0) is 13.2. The van der Waals surface area contributed by atoms with Crippen LogP contribution in [0.25, 0.3) is 11.0 Å². The number of nitrogens with zero attached hydrogens (tertiary/aromatic N) is 2. The van der Waals surface area contributed by atoms with Crippen molar-refractivity contribution in [3.63, 3.8) is 0 Å². The molecule has 1 unspecified atom stereocenters. The van der Waals surface area contributed by atoms with Crippen LogP contribution in [0.3, 0.4) is 0 Å². The summed E-state index contributed by atoms with van der Waals surface area (Å²) in [5.74, 6) is 0. The topological polar surface area (TPSA) is 51.8 Å². The Morgan fingerprint density at radius 1 is 0.947 bits per heavy atom. The molecular weight excluding hydrogens is 234 g/mol. The Labute approximate surface area is 112 Å². The average Bonchev–Trinajstić information content (AvgIpc) is 2.46. The van der Waals surface area contributed by atoms with Gasteiger partial charge in [0.2, 0.25) is 0 Å². The summed E-state index contributed by atoms with van der Waals surface area (Å²) in [6.45, 7) is 2.08. The minimum atomic E-state index is -0.132. The third kappa shape index (κ3) is 2.20. The second-order valence-corrected chi connectivity index (χ2v) is 4.64. The van der Waals surface area contributed by atoms with Crippen LogP contribution in [0.2, 0.25) is 0 Å². The van der Waals surface area contributed by atoms with Gasteiger partial charge in [-0.2, -0.15) is 0 Å². The van der Waals surface area contributed by atoms with E-state index in [1.54, 1.807) is 12.4 Å². The molecule has 1 atom stereocenters. The average molecular weight is 249 g/mol. The molecule has 0 aliphatic carbocycles. The van der Waals surface area contributed by atoms with Crippen LogP contribution in [0.15, 0.2) is 54.9 Å². The lowest BCUT2D eigenvalue weighted by Crippen LogP contribution is -2.13.